The van der Waals surface area contributed by atoms with E-state index in [2.05, 4.69) is 24.1 Å². The Balaban J connectivity index is 2.28. The van der Waals surface area contributed by atoms with Gasteiger partial charge in [0.25, 0.3) is 0 Å². The summed E-state index contributed by atoms with van der Waals surface area (Å²) >= 11 is 0. The first-order chi connectivity index (χ1) is 7.74. The van der Waals surface area contributed by atoms with Gasteiger partial charge in [0.2, 0.25) is 0 Å². The topological polar surface area (TPSA) is 15.3 Å². The molecule has 1 rings (SSSR count). The van der Waals surface area contributed by atoms with Gasteiger partial charge < -0.3 is 10.2 Å². The van der Waals surface area contributed by atoms with Crippen molar-refractivity contribution in [2.24, 2.45) is 5.92 Å². The molecule has 1 saturated carbocycles. The minimum absolute atomic E-state index is 0.841. The Morgan fingerprint density at radius 3 is 2.44 bits per heavy atom. The van der Waals surface area contributed by atoms with E-state index in [0.29, 0.717) is 0 Å². The van der Waals surface area contributed by atoms with E-state index < -0.39 is 0 Å². The quantitative estimate of drug-likeness (QED) is 0.640. The van der Waals surface area contributed by atoms with Crippen LogP contribution in [0.15, 0.2) is 0 Å². The maximum absolute atomic E-state index is 3.25. The number of nitrogens with one attached hydrogen (secondary N) is 1. The van der Waals surface area contributed by atoms with E-state index in [4.69, 9.17) is 0 Å². The van der Waals surface area contributed by atoms with Crippen LogP contribution in [0.1, 0.15) is 52.4 Å². The van der Waals surface area contributed by atoms with E-state index in [1.54, 1.807) is 0 Å². The van der Waals surface area contributed by atoms with Crippen LogP contribution in [0, 0.1) is 5.92 Å². The third-order valence-corrected chi connectivity index (χ3v) is 3.71. The second-order valence-electron chi connectivity index (χ2n) is 5.61. The highest BCUT2D eigenvalue weighted by molar-refractivity contribution is 4.77. The first kappa shape index (κ1) is 14.0. The van der Waals surface area contributed by atoms with E-state index in [1.165, 1.54) is 51.6 Å². The second-order valence-corrected chi connectivity index (χ2v) is 5.61. The molecule has 0 aromatic carbocycles. The molecule has 0 bridgehead atoms. The van der Waals surface area contributed by atoms with Gasteiger partial charge >= 0.3 is 0 Å². The zero-order valence-electron chi connectivity index (χ0n) is 11.5. The third-order valence-electron chi connectivity index (χ3n) is 3.71. The SMILES string of the molecule is CNCCCN(CCC(C)C)C1CCCC1. The lowest BCUT2D eigenvalue weighted by atomic mass is 10.1. The van der Waals surface area contributed by atoms with E-state index >= 15 is 0 Å². The molecule has 1 aliphatic rings. The van der Waals surface area contributed by atoms with E-state index in [0.717, 1.165) is 18.5 Å². The van der Waals surface area contributed by atoms with Crippen LogP contribution in [0.2, 0.25) is 0 Å². The van der Waals surface area contributed by atoms with Crippen LogP contribution in [-0.2, 0) is 0 Å². The summed E-state index contributed by atoms with van der Waals surface area (Å²) in [5, 5.41) is 3.25. The van der Waals surface area contributed by atoms with E-state index in [9.17, 15) is 0 Å². The van der Waals surface area contributed by atoms with Crippen LogP contribution in [0.3, 0.4) is 0 Å². The number of rotatable bonds is 8. The molecule has 1 N–H and O–H groups in total. The standard InChI is InChI=1S/C14H30N2/c1-13(2)9-12-16(11-6-10-15-3)14-7-4-5-8-14/h13-15H,4-12H2,1-3H3. The average Bonchev–Trinajstić information content (AvgIpc) is 2.76. The Hall–Kier alpha value is -0.0800. The maximum Gasteiger partial charge on any atom is 0.00952 e. The molecule has 0 aliphatic heterocycles. The predicted molar refractivity (Wildman–Crippen MR) is 71.8 cm³/mol. The molecule has 1 fully saturated rings. The molecular formula is C14H30N2. The molecule has 16 heavy (non-hydrogen) atoms. The Morgan fingerprint density at radius 1 is 1.19 bits per heavy atom. The summed E-state index contributed by atoms with van der Waals surface area (Å²) in [5.41, 5.74) is 0. The smallest absolute Gasteiger partial charge is 0.00952 e. The van der Waals surface area contributed by atoms with Crippen LogP contribution in [-0.4, -0.2) is 37.6 Å². The molecule has 0 aromatic heterocycles. The zero-order valence-corrected chi connectivity index (χ0v) is 11.5. The highest BCUT2D eigenvalue weighted by Crippen LogP contribution is 2.24. The minimum Gasteiger partial charge on any atom is -0.320 e. The summed E-state index contributed by atoms with van der Waals surface area (Å²) in [5.74, 6) is 0.841. The summed E-state index contributed by atoms with van der Waals surface area (Å²) in [7, 11) is 2.05. The molecule has 0 heterocycles. The fraction of sp³-hybridized carbons (Fsp3) is 1.00. The van der Waals surface area contributed by atoms with Crippen molar-refractivity contribution in [1.82, 2.24) is 10.2 Å². The van der Waals surface area contributed by atoms with Gasteiger partial charge in [-0.3, -0.25) is 0 Å². The molecule has 0 spiro atoms. The van der Waals surface area contributed by atoms with Gasteiger partial charge in [0.05, 0.1) is 0 Å². The molecule has 0 saturated heterocycles. The Labute approximate surface area is 102 Å². The molecule has 2 heteroatoms. The summed E-state index contributed by atoms with van der Waals surface area (Å²) in [6.45, 7) is 8.43. The first-order valence-electron chi connectivity index (χ1n) is 7.12. The Bertz CT molecular complexity index is 162. The lowest BCUT2D eigenvalue weighted by Crippen LogP contribution is -2.36. The average molecular weight is 226 g/mol. The molecule has 0 radical (unpaired) electrons. The van der Waals surface area contributed by atoms with Gasteiger partial charge in [-0.25, -0.2) is 0 Å². The zero-order chi connectivity index (χ0) is 11.8. The monoisotopic (exact) mass is 226 g/mol. The van der Waals surface area contributed by atoms with Crippen molar-refractivity contribution >= 4 is 0 Å². The fourth-order valence-electron chi connectivity index (χ4n) is 2.63. The maximum atomic E-state index is 3.25. The Kier molecular flexibility index (Phi) is 7.06. The molecule has 0 unspecified atom stereocenters. The predicted octanol–water partition coefficient (Wildman–Crippen LogP) is 2.89. The molecule has 1 aliphatic carbocycles. The van der Waals surface area contributed by atoms with E-state index in [-0.39, 0.29) is 0 Å². The summed E-state index contributed by atoms with van der Waals surface area (Å²) in [6.07, 6.45) is 8.44. The number of hydrogen-bond donors (Lipinski definition) is 1. The summed E-state index contributed by atoms with van der Waals surface area (Å²) in [6, 6.07) is 0.899. The first-order valence-corrected chi connectivity index (χ1v) is 7.12. The van der Waals surface area contributed by atoms with Gasteiger partial charge in [-0.1, -0.05) is 26.7 Å². The van der Waals surface area contributed by atoms with Crippen molar-refractivity contribution in [2.45, 2.75) is 58.4 Å². The van der Waals surface area contributed by atoms with Gasteiger partial charge in [-0.2, -0.15) is 0 Å². The molecule has 0 amide bonds. The van der Waals surface area contributed by atoms with E-state index in [1.807, 2.05) is 7.05 Å². The second kappa shape index (κ2) is 8.08. The lowest BCUT2D eigenvalue weighted by molar-refractivity contribution is 0.186. The summed E-state index contributed by atoms with van der Waals surface area (Å²) in [4.78, 5) is 2.75. The van der Waals surface area contributed by atoms with Crippen molar-refractivity contribution in [1.29, 1.82) is 0 Å². The highest BCUT2D eigenvalue weighted by Gasteiger charge is 2.21. The Morgan fingerprint density at radius 2 is 1.88 bits per heavy atom. The van der Waals surface area contributed by atoms with Crippen LogP contribution >= 0.6 is 0 Å². The number of hydrogen-bond acceptors (Lipinski definition) is 2. The summed E-state index contributed by atoms with van der Waals surface area (Å²) < 4.78 is 0. The van der Waals surface area contributed by atoms with Gasteiger partial charge in [-0.15, -0.1) is 0 Å². The van der Waals surface area contributed by atoms with Crippen molar-refractivity contribution in [2.75, 3.05) is 26.7 Å². The molecule has 2 nitrogen and oxygen atoms in total. The lowest BCUT2D eigenvalue weighted by Gasteiger charge is -2.29. The van der Waals surface area contributed by atoms with Crippen LogP contribution in [0.5, 0.6) is 0 Å². The normalized spacial score (nSPS) is 17.8. The molecular weight excluding hydrogens is 196 g/mol. The van der Waals surface area contributed by atoms with Gasteiger partial charge in [0.15, 0.2) is 0 Å². The van der Waals surface area contributed by atoms with Crippen LogP contribution in [0.25, 0.3) is 0 Å². The highest BCUT2D eigenvalue weighted by atomic mass is 15.2. The third kappa shape index (κ3) is 5.31. The fourth-order valence-corrected chi connectivity index (χ4v) is 2.63. The molecule has 0 atom stereocenters. The van der Waals surface area contributed by atoms with Crippen LogP contribution < -0.4 is 5.32 Å². The molecule has 0 aromatic rings. The minimum atomic E-state index is 0.841. The number of nitrogens with zero attached hydrogens (tertiary/aromatic N) is 1. The van der Waals surface area contributed by atoms with Gasteiger partial charge in [0.1, 0.15) is 0 Å². The van der Waals surface area contributed by atoms with Crippen LogP contribution in [0.4, 0.5) is 0 Å². The van der Waals surface area contributed by atoms with Crippen molar-refractivity contribution < 1.29 is 0 Å². The van der Waals surface area contributed by atoms with Crippen molar-refractivity contribution in [3.05, 3.63) is 0 Å². The van der Waals surface area contributed by atoms with Gasteiger partial charge in [-0.05, 0) is 58.3 Å². The van der Waals surface area contributed by atoms with Crippen molar-refractivity contribution in [3.63, 3.8) is 0 Å². The van der Waals surface area contributed by atoms with Crippen molar-refractivity contribution in [3.8, 4) is 0 Å². The molecule has 96 valence electrons. The van der Waals surface area contributed by atoms with Gasteiger partial charge in [0, 0.05) is 6.04 Å². The largest absolute Gasteiger partial charge is 0.320 e.